The fourth-order valence-electron chi connectivity index (χ4n) is 2.05. The van der Waals surface area contributed by atoms with Gasteiger partial charge in [-0.15, -0.1) is 10.2 Å². The molecule has 130 valence electrons. The SMILES string of the molecule is Cc1[nH]ncc1S(=O)(=O)NC(=O)CCc1nnc(-c2ccncc2)o1. The summed E-state index contributed by atoms with van der Waals surface area (Å²) in [5.74, 6) is -0.137. The summed E-state index contributed by atoms with van der Waals surface area (Å²) in [5, 5.41) is 13.9. The third-order valence-corrected chi connectivity index (χ3v) is 4.77. The van der Waals surface area contributed by atoms with Crippen molar-refractivity contribution in [1.29, 1.82) is 0 Å². The van der Waals surface area contributed by atoms with E-state index in [1.165, 1.54) is 0 Å². The summed E-state index contributed by atoms with van der Waals surface area (Å²) in [5.41, 5.74) is 1.05. The quantitative estimate of drug-likeness (QED) is 0.649. The van der Waals surface area contributed by atoms with Gasteiger partial charge in [0.1, 0.15) is 4.90 Å². The minimum atomic E-state index is -3.96. The van der Waals surface area contributed by atoms with E-state index in [9.17, 15) is 13.2 Å². The molecule has 11 heteroatoms. The number of carbonyl (C=O) groups excluding carboxylic acids is 1. The van der Waals surface area contributed by atoms with Crippen molar-refractivity contribution in [2.24, 2.45) is 0 Å². The molecule has 0 atom stereocenters. The van der Waals surface area contributed by atoms with Crippen LogP contribution in [0.5, 0.6) is 0 Å². The lowest BCUT2D eigenvalue weighted by Crippen LogP contribution is -2.30. The van der Waals surface area contributed by atoms with Gasteiger partial charge in [0, 0.05) is 30.8 Å². The monoisotopic (exact) mass is 362 g/mol. The Labute approximate surface area is 142 Å². The summed E-state index contributed by atoms with van der Waals surface area (Å²) in [6.45, 7) is 1.55. The van der Waals surface area contributed by atoms with Gasteiger partial charge in [-0.2, -0.15) is 5.10 Å². The maximum Gasteiger partial charge on any atom is 0.267 e. The van der Waals surface area contributed by atoms with Crippen LogP contribution in [0.4, 0.5) is 0 Å². The molecule has 0 bridgehead atoms. The first-order valence-electron chi connectivity index (χ1n) is 7.24. The molecule has 0 spiro atoms. The number of carbonyl (C=O) groups is 1. The van der Waals surface area contributed by atoms with Crippen molar-refractivity contribution in [3.8, 4) is 11.5 Å². The molecule has 0 aliphatic heterocycles. The molecule has 0 unspecified atom stereocenters. The van der Waals surface area contributed by atoms with E-state index in [0.717, 1.165) is 6.20 Å². The van der Waals surface area contributed by atoms with Crippen LogP contribution in [0.15, 0.2) is 40.0 Å². The highest BCUT2D eigenvalue weighted by Crippen LogP contribution is 2.17. The average molecular weight is 362 g/mol. The Morgan fingerprint density at radius 2 is 2.04 bits per heavy atom. The van der Waals surface area contributed by atoms with Crippen molar-refractivity contribution in [1.82, 2.24) is 30.1 Å². The number of pyridine rings is 1. The second-order valence-corrected chi connectivity index (χ2v) is 6.78. The summed E-state index contributed by atoms with van der Waals surface area (Å²) in [6.07, 6.45) is 4.33. The largest absolute Gasteiger partial charge is 0.421 e. The molecule has 1 amide bonds. The molecule has 0 saturated heterocycles. The minimum absolute atomic E-state index is 0.0707. The summed E-state index contributed by atoms with van der Waals surface area (Å²) < 4.78 is 31.6. The van der Waals surface area contributed by atoms with Gasteiger partial charge in [0.15, 0.2) is 0 Å². The van der Waals surface area contributed by atoms with Crippen LogP contribution < -0.4 is 4.72 Å². The van der Waals surface area contributed by atoms with Crippen molar-refractivity contribution in [3.05, 3.63) is 42.3 Å². The van der Waals surface area contributed by atoms with Crippen LogP contribution in [0.2, 0.25) is 0 Å². The van der Waals surface area contributed by atoms with E-state index in [2.05, 4.69) is 25.4 Å². The van der Waals surface area contributed by atoms with Crippen molar-refractivity contribution in [2.45, 2.75) is 24.7 Å². The van der Waals surface area contributed by atoms with Crippen LogP contribution in [0.1, 0.15) is 18.0 Å². The number of aryl methyl sites for hydroxylation is 2. The highest BCUT2D eigenvalue weighted by atomic mass is 32.2. The van der Waals surface area contributed by atoms with E-state index in [1.807, 2.05) is 4.72 Å². The number of amides is 1. The molecule has 0 saturated carbocycles. The van der Waals surface area contributed by atoms with Gasteiger partial charge >= 0.3 is 0 Å². The molecule has 3 aromatic heterocycles. The molecule has 3 aromatic rings. The molecule has 2 N–H and O–H groups in total. The number of sulfonamides is 1. The smallest absolute Gasteiger partial charge is 0.267 e. The minimum Gasteiger partial charge on any atom is -0.421 e. The number of nitrogens with one attached hydrogen (secondary N) is 2. The van der Waals surface area contributed by atoms with Crippen LogP contribution in [0.3, 0.4) is 0 Å². The zero-order valence-corrected chi connectivity index (χ0v) is 13.9. The molecule has 0 aliphatic rings. The third-order valence-electron chi connectivity index (χ3n) is 3.28. The standard InChI is InChI=1S/C14H14N6O4S/c1-9-11(8-16-17-9)25(22,23)20-12(21)2-3-13-18-19-14(24-13)10-4-6-15-7-5-10/h4-8H,2-3H2,1H3,(H,16,17)(H,20,21). The first kappa shape index (κ1) is 16.8. The Morgan fingerprint density at radius 3 is 2.72 bits per heavy atom. The van der Waals surface area contributed by atoms with Crippen LogP contribution >= 0.6 is 0 Å². The normalized spacial score (nSPS) is 11.4. The second kappa shape index (κ2) is 6.81. The van der Waals surface area contributed by atoms with Crippen LogP contribution in [-0.4, -0.2) is 39.7 Å². The van der Waals surface area contributed by atoms with E-state index in [0.29, 0.717) is 17.1 Å². The molecule has 0 aliphatic carbocycles. The average Bonchev–Trinajstić information content (AvgIpc) is 3.22. The van der Waals surface area contributed by atoms with Crippen molar-refractivity contribution < 1.29 is 17.6 Å². The van der Waals surface area contributed by atoms with Gasteiger partial charge in [-0.1, -0.05) is 0 Å². The number of H-pyrrole nitrogens is 1. The summed E-state index contributed by atoms with van der Waals surface area (Å²) >= 11 is 0. The number of aromatic nitrogens is 5. The van der Waals surface area contributed by atoms with Crippen LogP contribution in [0, 0.1) is 6.92 Å². The predicted molar refractivity (Wildman–Crippen MR) is 84.5 cm³/mol. The predicted octanol–water partition coefficient (Wildman–Crippen LogP) is 0.601. The molecule has 0 aromatic carbocycles. The Morgan fingerprint density at radius 1 is 1.28 bits per heavy atom. The van der Waals surface area contributed by atoms with Gasteiger partial charge < -0.3 is 4.42 Å². The van der Waals surface area contributed by atoms with E-state index in [-0.39, 0.29) is 23.6 Å². The topological polar surface area (TPSA) is 144 Å². The number of hydrogen-bond acceptors (Lipinski definition) is 8. The van der Waals surface area contributed by atoms with Gasteiger partial charge in [0.25, 0.3) is 10.0 Å². The van der Waals surface area contributed by atoms with Gasteiger partial charge in [-0.05, 0) is 19.1 Å². The lowest BCUT2D eigenvalue weighted by molar-refractivity contribution is -0.119. The molecule has 25 heavy (non-hydrogen) atoms. The molecule has 0 fully saturated rings. The maximum atomic E-state index is 12.1. The Bertz CT molecular complexity index is 980. The summed E-state index contributed by atoms with van der Waals surface area (Å²) in [6, 6.07) is 3.42. The fraction of sp³-hybridized carbons (Fsp3) is 0.214. The van der Waals surface area contributed by atoms with Crippen LogP contribution in [0.25, 0.3) is 11.5 Å². The molecular formula is C14H14N6O4S. The zero-order valence-electron chi connectivity index (χ0n) is 13.1. The van der Waals surface area contributed by atoms with Gasteiger partial charge in [0.2, 0.25) is 17.7 Å². The highest BCUT2D eigenvalue weighted by molar-refractivity contribution is 7.90. The Balaban J connectivity index is 1.60. The molecule has 10 nitrogen and oxygen atoms in total. The van der Waals surface area contributed by atoms with E-state index < -0.39 is 15.9 Å². The number of aromatic amines is 1. The Kier molecular flexibility index (Phi) is 4.57. The number of nitrogens with zero attached hydrogens (tertiary/aromatic N) is 4. The van der Waals surface area contributed by atoms with Gasteiger partial charge in [0.05, 0.1) is 11.9 Å². The second-order valence-electron chi connectivity index (χ2n) is 5.12. The summed E-state index contributed by atoms with van der Waals surface area (Å²) in [4.78, 5) is 15.7. The molecule has 3 heterocycles. The van der Waals surface area contributed by atoms with E-state index >= 15 is 0 Å². The lowest BCUT2D eigenvalue weighted by Gasteiger charge is -2.04. The summed E-state index contributed by atoms with van der Waals surface area (Å²) in [7, 11) is -3.96. The number of rotatable bonds is 6. The van der Waals surface area contributed by atoms with E-state index in [4.69, 9.17) is 4.42 Å². The third kappa shape index (κ3) is 3.88. The van der Waals surface area contributed by atoms with Crippen molar-refractivity contribution in [2.75, 3.05) is 0 Å². The Hall–Kier alpha value is -3.08. The van der Waals surface area contributed by atoms with E-state index in [1.54, 1.807) is 31.5 Å². The highest BCUT2D eigenvalue weighted by Gasteiger charge is 2.21. The molecular weight excluding hydrogens is 348 g/mol. The molecule has 3 rings (SSSR count). The van der Waals surface area contributed by atoms with Crippen LogP contribution in [-0.2, 0) is 21.2 Å². The zero-order chi connectivity index (χ0) is 17.9. The van der Waals surface area contributed by atoms with Gasteiger partial charge in [-0.25, -0.2) is 13.1 Å². The van der Waals surface area contributed by atoms with Crippen molar-refractivity contribution >= 4 is 15.9 Å². The first-order chi connectivity index (χ1) is 12.0. The molecule has 0 radical (unpaired) electrons. The van der Waals surface area contributed by atoms with Gasteiger partial charge in [-0.3, -0.25) is 14.9 Å². The van der Waals surface area contributed by atoms with Crippen molar-refractivity contribution in [3.63, 3.8) is 0 Å². The first-order valence-corrected chi connectivity index (χ1v) is 8.72. The fourth-order valence-corrected chi connectivity index (χ4v) is 3.20. The maximum absolute atomic E-state index is 12.1. The number of hydrogen-bond donors (Lipinski definition) is 2. The lowest BCUT2D eigenvalue weighted by atomic mass is 10.3.